The summed E-state index contributed by atoms with van der Waals surface area (Å²) in [6.07, 6.45) is -2.04. The Morgan fingerprint density at radius 3 is 2.29 bits per heavy atom. The Morgan fingerprint density at radius 2 is 1.66 bits per heavy atom. The van der Waals surface area contributed by atoms with Gasteiger partial charge in [0, 0.05) is 6.08 Å². The van der Waals surface area contributed by atoms with E-state index in [1.807, 2.05) is 6.07 Å². The van der Waals surface area contributed by atoms with Gasteiger partial charge >= 0.3 is 12.1 Å². The number of carboxylic acids is 1. The van der Waals surface area contributed by atoms with Crippen LogP contribution in [0.1, 0.15) is 22.3 Å². The summed E-state index contributed by atoms with van der Waals surface area (Å²) in [5, 5.41) is 8.68. The van der Waals surface area contributed by atoms with Gasteiger partial charge in [0.1, 0.15) is 12.4 Å². The lowest BCUT2D eigenvalue weighted by Gasteiger charge is -2.16. The van der Waals surface area contributed by atoms with Gasteiger partial charge in [0.2, 0.25) is 10.0 Å². The summed E-state index contributed by atoms with van der Waals surface area (Å²) >= 11 is 0. The highest BCUT2D eigenvalue weighted by Gasteiger charge is 2.31. The molecule has 3 aromatic rings. The fraction of sp³-hybridized carbons (Fsp3) is 0.160. The van der Waals surface area contributed by atoms with Gasteiger partial charge in [0.25, 0.3) is 0 Å². The van der Waals surface area contributed by atoms with Gasteiger partial charge < -0.3 is 9.84 Å². The van der Waals surface area contributed by atoms with Crippen LogP contribution in [0.5, 0.6) is 5.75 Å². The van der Waals surface area contributed by atoms with Crippen LogP contribution < -0.4 is 9.46 Å². The van der Waals surface area contributed by atoms with Crippen molar-refractivity contribution in [3.8, 4) is 5.75 Å². The van der Waals surface area contributed by atoms with Crippen LogP contribution in [-0.4, -0.2) is 25.2 Å². The normalized spacial score (nSPS) is 12.0. The average Bonchev–Trinajstić information content (AvgIpc) is 2.81. The Kier molecular flexibility index (Phi) is 8.18. The molecule has 0 aliphatic carbocycles. The highest BCUT2D eigenvalue weighted by Crippen LogP contribution is 2.36. The van der Waals surface area contributed by atoms with Gasteiger partial charge in [-0.1, -0.05) is 54.6 Å². The molecule has 0 amide bonds. The fourth-order valence-electron chi connectivity index (χ4n) is 3.07. The molecule has 0 aromatic heterocycles. The molecule has 35 heavy (non-hydrogen) atoms. The molecule has 0 fully saturated rings. The summed E-state index contributed by atoms with van der Waals surface area (Å²) in [6, 6.07) is 18.0. The van der Waals surface area contributed by atoms with E-state index in [4.69, 9.17) is 9.84 Å². The van der Waals surface area contributed by atoms with Gasteiger partial charge in [-0.05, 0) is 47.4 Å². The van der Waals surface area contributed by atoms with Crippen LogP contribution in [0.15, 0.2) is 78.9 Å². The summed E-state index contributed by atoms with van der Waals surface area (Å²) in [4.78, 5) is 10.6. The highest BCUT2D eigenvalue weighted by molar-refractivity contribution is 7.92. The van der Waals surface area contributed by atoms with Crippen LogP contribution in [0.25, 0.3) is 6.08 Å². The number of carbonyl (C=O) groups is 1. The molecule has 0 saturated carbocycles. The van der Waals surface area contributed by atoms with Crippen LogP contribution in [0.2, 0.25) is 0 Å². The summed E-state index contributed by atoms with van der Waals surface area (Å²) < 4.78 is 72.8. The number of nitrogens with one attached hydrogen (secondary N) is 1. The molecule has 0 spiro atoms. The van der Waals surface area contributed by atoms with Crippen molar-refractivity contribution in [3.63, 3.8) is 0 Å². The number of rotatable bonds is 10. The lowest BCUT2D eigenvalue weighted by Crippen LogP contribution is -2.19. The molecule has 0 bridgehead atoms. The van der Waals surface area contributed by atoms with Gasteiger partial charge in [0.05, 0.1) is 17.0 Å². The number of anilines is 1. The van der Waals surface area contributed by atoms with Gasteiger partial charge in [-0.15, -0.1) is 0 Å². The molecule has 0 aliphatic rings. The quantitative estimate of drug-likeness (QED) is 0.362. The lowest BCUT2D eigenvalue weighted by atomic mass is 10.1. The summed E-state index contributed by atoms with van der Waals surface area (Å²) in [7, 11) is -3.87. The number of sulfonamides is 1. The van der Waals surface area contributed by atoms with Crippen molar-refractivity contribution < 1.29 is 36.2 Å². The van der Waals surface area contributed by atoms with E-state index >= 15 is 0 Å². The highest BCUT2D eigenvalue weighted by atomic mass is 32.2. The van der Waals surface area contributed by atoms with Crippen molar-refractivity contribution in [1.29, 1.82) is 0 Å². The molecule has 6 nitrogen and oxygen atoms in total. The molecular formula is C25H22F3NO5S. The van der Waals surface area contributed by atoms with E-state index in [1.165, 1.54) is 6.08 Å². The Hall–Kier alpha value is -3.79. The molecule has 10 heteroatoms. The van der Waals surface area contributed by atoms with Crippen LogP contribution in [-0.2, 0) is 34.0 Å². The molecule has 0 atom stereocenters. The molecule has 0 saturated heterocycles. The molecule has 0 radical (unpaired) electrons. The summed E-state index contributed by atoms with van der Waals surface area (Å²) in [5.74, 6) is -1.62. The molecule has 0 unspecified atom stereocenters. The van der Waals surface area contributed by atoms with Crippen molar-refractivity contribution in [2.45, 2.75) is 19.2 Å². The number of carboxylic acid groups (broad SMARTS) is 1. The van der Waals surface area contributed by atoms with Crippen LogP contribution in [0.3, 0.4) is 0 Å². The predicted molar refractivity (Wildman–Crippen MR) is 126 cm³/mol. The third-order valence-corrected chi connectivity index (χ3v) is 6.14. The maximum Gasteiger partial charge on any atom is 0.416 e. The number of hydrogen-bond acceptors (Lipinski definition) is 4. The topological polar surface area (TPSA) is 92.7 Å². The minimum atomic E-state index is -4.64. The SMILES string of the molecule is O=C(O)/C=C/c1ccc(COc2cc(C(F)(F)F)ccc2NS(=O)(=O)CCc2ccccc2)cc1. The van der Waals surface area contributed by atoms with E-state index in [0.717, 1.165) is 29.8 Å². The summed E-state index contributed by atoms with van der Waals surface area (Å²) in [6.45, 7) is -0.136. The number of hydrogen-bond donors (Lipinski definition) is 2. The molecule has 184 valence electrons. The second-order valence-electron chi connectivity index (χ2n) is 7.57. The minimum absolute atomic E-state index is 0.105. The molecule has 0 heterocycles. The van der Waals surface area contributed by atoms with E-state index in [1.54, 1.807) is 48.5 Å². The first-order valence-electron chi connectivity index (χ1n) is 10.4. The maximum absolute atomic E-state index is 13.2. The number of halogens is 3. The standard InChI is InChI=1S/C25H22F3NO5S/c26-25(27,28)21-11-12-22(29-35(32,33)15-14-18-4-2-1-3-5-18)23(16-21)34-17-20-8-6-19(7-9-20)10-13-24(30)31/h1-13,16,29H,14-15,17H2,(H,30,31)/b13-10+. The maximum atomic E-state index is 13.2. The number of aliphatic carboxylic acids is 1. The Bertz CT molecular complexity index is 1290. The van der Waals surface area contributed by atoms with Gasteiger partial charge in [-0.3, -0.25) is 4.72 Å². The Balaban J connectivity index is 1.76. The van der Waals surface area contributed by atoms with Gasteiger partial charge in [0.15, 0.2) is 0 Å². The fourth-order valence-corrected chi connectivity index (χ4v) is 4.18. The van der Waals surface area contributed by atoms with Crippen molar-refractivity contribution in [3.05, 3.63) is 101 Å². The number of alkyl halides is 3. The summed E-state index contributed by atoms with van der Waals surface area (Å²) in [5.41, 5.74) is 0.930. The number of aryl methyl sites for hydroxylation is 1. The minimum Gasteiger partial charge on any atom is -0.487 e. The number of benzene rings is 3. The Morgan fingerprint density at radius 1 is 0.971 bits per heavy atom. The van der Waals surface area contributed by atoms with E-state index < -0.39 is 27.7 Å². The first kappa shape index (κ1) is 25.8. The van der Waals surface area contributed by atoms with Gasteiger partial charge in [-0.2, -0.15) is 13.2 Å². The third-order valence-electron chi connectivity index (χ3n) is 4.87. The molecule has 3 aromatic carbocycles. The zero-order chi connectivity index (χ0) is 25.5. The zero-order valence-corrected chi connectivity index (χ0v) is 19.1. The largest absolute Gasteiger partial charge is 0.487 e. The lowest BCUT2D eigenvalue weighted by molar-refractivity contribution is -0.137. The van der Waals surface area contributed by atoms with Crippen molar-refractivity contribution in [1.82, 2.24) is 0 Å². The van der Waals surface area contributed by atoms with Crippen molar-refractivity contribution in [2.75, 3.05) is 10.5 Å². The van der Waals surface area contributed by atoms with E-state index in [0.29, 0.717) is 11.1 Å². The molecule has 3 rings (SSSR count). The molecule has 0 aliphatic heterocycles. The Labute approximate surface area is 200 Å². The second kappa shape index (κ2) is 11.1. The molecular weight excluding hydrogens is 483 g/mol. The van der Waals surface area contributed by atoms with Crippen LogP contribution >= 0.6 is 0 Å². The second-order valence-corrected chi connectivity index (χ2v) is 9.41. The third kappa shape index (κ3) is 8.18. The monoisotopic (exact) mass is 505 g/mol. The first-order valence-corrected chi connectivity index (χ1v) is 12.1. The van der Waals surface area contributed by atoms with Crippen molar-refractivity contribution in [2.24, 2.45) is 0 Å². The van der Waals surface area contributed by atoms with Crippen LogP contribution in [0, 0.1) is 0 Å². The smallest absolute Gasteiger partial charge is 0.416 e. The first-order chi connectivity index (χ1) is 16.5. The molecule has 2 N–H and O–H groups in total. The average molecular weight is 506 g/mol. The van der Waals surface area contributed by atoms with E-state index in [2.05, 4.69) is 4.72 Å². The number of ether oxygens (including phenoxy) is 1. The zero-order valence-electron chi connectivity index (χ0n) is 18.3. The van der Waals surface area contributed by atoms with E-state index in [-0.39, 0.29) is 30.2 Å². The van der Waals surface area contributed by atoms with Gasteiger partial charge in [-0.25, -0.2) is 13.2 Å². The van der Waals surface area contributed by atoms with E-state index in [9.17, 15) is 26.4 Å². The van der Waals surface area contributed by atoms with Crippen molar-refractivity contribution >= 4 is 27.8 Å². The van der Waals surface area contributed by atoms with Crippen LogP contribution in [0.4, 0.5) is 18.9 Å². The predicted octanol–water partition coefficient (Wildman–Crippen LogP) is 5.37.